The normalized spacial score (nSPS) is 35.3. The van der Waals surface area contributed by atoms with Crippen LogP contribution in [0.2, 0.25) is 50.4 Å². The van der Waals surface area contributed by atoms with Gasteiger partial charge in [-0.25, -0.2) is 0 Å². The lowest BCUT2D eigenvalue weighted by molar-refractivity contribution is 0.379. The first-order valence-corrected chi connectivity index (χ1v) is 15.7. The summed E-state index contributed by atoms with van der Waals surface area (Å²) in [5, 5.41) is 0. The molecule has 20 heavy (non-hydrogen) atoms. The minimum absolute atomic E-state index is 0.835. The van der Waals surface area contributed by atoms with Gasteiger partial charge < -0.3 is 0 Å². The molecule has 0 bridgehead atoms. The standard InChI is InChI=1S/C18H34Si2/c1-19(2,3)17-11-7-15(8-12-17)16-9-13-18(14-10-16)20(4,5)6/h7,9,11,13,15-18H,8,10,12,14H2,1-6H3/t15-,16+,17?,18?. The second-order valence-electron chi connectivity index (χ2n) is 9.20. The average Bonchev–Trinajstić information content (AvgIpc) is 2.37. The van der Waals surface area contributed by atoms with Crippen LogP contribution in [0, 0.1) is 11.8 Å². The summed E-state index contributed by atoms with van der Waals surface area (Å²) in [4.78, 5) is 0. The molecule has 2 unspecified atom stereocenters. The van der Waals surface area contributed by atoms with Crippen LogP contribution in [0.15, 0.2) is 24.3 Å². The monoisotopic (exact) mass is 306 g/mol. The molecule has 0 aromatic carbocycles. The van der Waals surface area contributed by atoms with Gasteiger partial charge in [0.15, 0.2) is 0 Å². The first kappa shape index (κ1) is 16.3. The van der Waals surface area contributed by atoms with Crippen LogP contribution < -0.4 is 0 Å². The molecule has 0 heterocycles. The van der Waals surface area contributed by atoms with Gasteiger partial charge in [-0.15, -0.1) is 0 Å². The van der Waals surface area contributed by atoms with E-state index in [1.807, 2.05) is 0 Å². The summed E-state index contributed by atoms with van der Waals surface area (Å²) in [6, 6.07) is 0. The van der Waals surface area contributed by atoms with Gasteiger partial charge >= 0.3 is 0 Å². The smallest absolute Gasteiger partial charge is 0.0513 e. The van der Waals surface area contributed by atoms with Crippen LogP contribution in [0.4, 0.5) is 0 Å². The zero-order valence-corrected chi connectivity index (χ0v) is 16.4. The fraction of sp³-hybridized carbons (Fsp3) is 0.778. The second kappa shape index (κ2) is 5.96. The predicted octanol–water partition coefficient (Wildman–Crippen LogP) is 6.34. The summed E-state index contributed by atoms with van der Waals surface area (Å²) < 4.78 is 0. The van der Waals surface area contributed by atoms with E-state index in [9.17, 15) is 0 Å². The fourth-order valence-electron chi connectivity index (χ4n) is 3.84. The highest BCUT2D eigenvalue weighted by atomic mass is 28.3. The molecule has 2 rings (SSSR count). The number of hydrogen-bond acceptors (Lipinski definition) is 0. The molecule has 0 amide bonds. The van der Waals surface area contributed by atoms with Gasteiger partial charge in [-0.05, 0) is 48.6 Å². The maximum atomic E-state index is 2.58. The van der Waals surface area contributed by atoms with Gasteiger partial charge in [-0.3, -0.25) is 0 Å². The Labute approximate surface area is 128 Å². The van der Waals surface area contributed by atoms with Crippen molar-refractivity contribution in [3.63, 3.8) is 0 Å². The summed E-state index contributed by atoms with van der Waals surface area (Å²) in [6.45, 7) is 15.1. The quantitative estimate of drug-likeness (QED) is 0.422. The molecule has 0 N–H and O–H groups in total. The Hall–Kier alpha value is -0.0862. The number of allylic oxidation sites excluding steroid dienone is 4. The van der Waals surface area contributed by atoms with Crippen molar-refractivity contribution in [3.8, 4) is 0 Å². The number of rotatable bonds is 3. The van der Waals surface area contributed by atoms with Gasteiger partial charge in [0, 0.05) is 0 Å². The highest BCUT2D eigenvalue weighted by Gasteiger charge is 2.32. The van der Waals surface area contributed by atoms with E-state index in [2.05, 4.69) is 63.6 Å². The molecule has 2 heteroatoms. The third-order valence-corrected chi connectivity index (χ3v) is 11.0. The molecule has 0 spiro atoms. The molecule has 0 saturated carbocycles. The fourth-order valence-corrected chi connectivity index (χ4v) is 7.28. The van der Waals surface area contributed by atoms with Crippen molar-refractivity contribution in [2.45, 2.75) is 76.0 Å². The van der Waals surface area contributed by atoms with Crippen molar-refractivity contribution in [1.82, 2.24) is 0 Å². The average molecular weight is 307 g/mol. The van der Waals surface area contributed by atoms with Gasteiger partial charge in [0.1, 0.15) is 0 Å². The van der Waals surface area contributed by atoms with Gasteiger partial charge in [0.05, 0.1) is 16.1 Å². The molecule has 0 nitrogen and oxygen atoms in total. The Morgan fingerprint density at radius 2 is 0.900 bits per heavy atom. The summed E-state index contributed by atoms with van der Waals surface area (Å²) in [6.07, 6.45) is 16.1. The van der Waals surface area contributed by atoms with Crippen LogP contribution in [-0.4, -0.2) is 16.1 Å². The molecule has 0 aliphatic heterocycles. The molecule has 2 aliphatic carbocycles. The van der Waals surface area contributed by atoms with Crippen LogP contribution in [0.25, 0.3) is 0 Å². The van der Waals surface area contributed by atoms with E-state index in [4.69, 9.17) is 0 Å². The summed E-state index contributed by atoms with van der Waals surface area (Å²) in [5.74, 6) is 1.67. The van der Waals surface area contributed by atoms with Crippen LogP contribution in [0.1, 0.15) is 25.7 Å². The van der Waals surface area contributed by atoms with Crippen molar-refractivity contribution in [1.29, 1.82) is 0 Å². The highest BCUT2D eigenvalue weighted by Crippen LogP contribution is 2.42. The van der Waals surface area contributed by atoms with E-state index >= 15 is 0 Å². The van der Waals surface area contributed by atoms with Gasteiger partial charge in [-0.1, -0.05) is 63.6 Å². The molecule has 0 aromatic rings. The minimum atomic E-state index is -0.971. The molecular weight excluding hydrogens is 272 g/mol. The Balaban J connectivity index is 1.96. The maximum Gasteiger partial charge on any atom is 0.0513 e. The van der Waals surface area contributed by atoms with Crippen LogP contribution in [0.3, 0.4) is 0 Å². The van der Waals surface area contributed by atoms with E-state index < -0.39 is 16.1 Å². The third-order valence-electron chi connectivity index (χ3n) is 5.58. The van der Waals surface area contributed by atoms with Crippen LogP contribution in [0.5, 0.6) is 0 Å². The van der Waals surface area contributed by atoms with Gasteiger partial charge in [-0.2, -0.15) is 0 Å². The minimum Gasteiger partial charge on any atom is -0.0878 e. The van der Waals surface area contributed by atoms with Crippen molar-refractivity contribution >= 4 is 16.1 Å². The Morgan fingerprint density at radius 1 is 0.550 bits per heavy atom. The van der Waals surface area contributed by atoms with E-state index in [1.165, 1.54) is 25.7 Å². The SMILES string of the molecule is C[Si](C)(C)C1C=C[C@@H]([C@H]2C=CC([Si](C)(C)C)CC2)CC1. The summed E-state index contributed by atoms with van der Waals surface area (Å²) >= 11 is 0. The van der Waals surface area contributed by atoms with Crippen molar-refractivity contribution in [2.75, 3.05) is 0 Å². The van der Waals surface area contributed by atoms with Crippen molar-refractivity contribution in [2.24, 2.45) is 11.8 Å². The Morgan fingerprint density at radius 3 is 1.10 bits per heavy atom. The van der Waals surface area contributed by atoms with Gasteiger partial charge in [0.25, 0.3) is 0 Å². The van der Waals surface area contributed by atoms with E-state index in [-0.39, 0.29) is 0 Å². The molecule has 0 saturated heterocycles. The topological polar surface area (TPSA) is 0 Å². The largest absolute Gasteiger partial charge is 0.0878 e. The summed E-state index contributed by atoms with van der Waals surface area (Å²) in [5.41, 5.74) is 1.84. The lowest BCUT2D eigenvalue weighted by Gasteiger charge is -2.37. The summed E-state index contributed by atoms with van der Waals surface area (Å²) in [7, 11) is -1.94. The predicted molar refractivity (Wildman–Crippen MR) is 97.9 cm³/mol. The molecule has 0 fully saturated rings. The van der Waals surface area contributed by atoms with Crippen LogP contribution >= 0.6 is 0 Å². The van der Waals surface area contributed by atoms with E-state index in [0.717, 1.165) is 22.9 Å². The van der Waals surface area contributed by atoms with Crippen molar-refractivity contribution in [3.05, 3.63) is 24.3 Å². The molecule has 4 atom stereocenters. The Kier molecular flexibility index (Phi) is 4.85. The first-order valence-electron chi connectivity index (χ1n) is 8.54. The highest BCUT2D eigenvalue weighted by molar-refractivity contribution is 6.78. The molecular formula is C18H34Si2. The van der Waals surface area contributed by atoms with Crippen molar-refractivity contribution < 1.29 is 0 Å². The first-order chi connectivity index (χ1) is 9.18. The molecule has 114 valence electrons. The lowest BCUT2D eigenvalue weighted by atomic mass is 9.79. The maximum absolute atomic E-state index is 2.58. The third kappa shape index (κ3) is 3.97. The molecule has 0 aromatic heterocycles. The molecule has 0 radical (unpaired) electrons. The second-order valence-corrected chi connectivity index (χ2v) is 20.1. The molecule has 2 aliphatic rings. The van der Waals surface area contributed by atoms with E-state index in [1.54, 1.807) is 0 Å². The lowest BCUT2D eigenvalue weighted by Crippen LogP contribution is -2.31. The van der Waals surface area contributed by atoms with Gasteiger partial charge in [0.2, 0.25) is 0 Å². The van der Waals surface area contributed by atoms with Crippen LogP contribution in [-0.2, 0) is 0 Å². The number of hydrogen-bond donors (Lipinski definition) is 0. The van der Waals surface area contributed by atoms with E-state index in [0.29, 0.717) is 0 Å². The zero-order chi connectivity index (χ0) is 15.0. The Bertz CT molecular complexity index is 343. The zero-order valence-electron chi connectivity index (χ0n) is 14.4.